The van der Waals surface area contributed by atoms with E-state index in [4.69, 9.17) is 0 Å². The molecule has 0 unspecified atom stereocenters. The van der Waals surface area contributed by atoms with E-state index in [-0.39, 0.29) is 17.5 Å². The van der Waals surface area contributed by atoms with Crippen LogP contribution in [0.5, 0.6) is 0 Å². The third-order valence-electron chi connectivity index (χ3n) is 4.35. The molecule has 4 aromatic rings. The van der Waals surface area contributed by atoms with Crippen LogP contribution in [0.4, 0.5) is 8.78 Å². The van der Waals surface area contributed by atoms with Crippen molar-refractivity contribution < 1.29 is 13.6 Å². The first kappa shape index (κ1) is 17.4. The number of hydrogen-bond donors (Lipinski definition) is 1. The van der Waals surface area contributed by atoms with Gasteiger partial charge in [0.25, 0.3) is 5.91 Å². The van der Waals surface area contributed by atoms with Gasteiger partial charge in [-0.2, -0.15) is 0 Å². The lowest BCUT2D eigenvalue weighted by Crippen LogP contribution is -2.25. The van der Waals surface area contributed by atoms with Gasteiger partial charge in [-0.15, -0.1) is 11.3 Å². The molecule has 0 atom stereocenters. The second-order valence-corrected chi connectivity index (χ2v) is 7.17. The fourth-order valence-corrected chi connectivity index (χ4v) is 3.85. The summed E-state index contributed by atoms with van der Waals surface area (Å²) in [5.74, 6) is -0.836. The van der Waals surface area contributed by atoms with Crippen molar-refractivity contribution in [3.63, 3.8) is 0 Å². The molecule has 0 saturated carbocycles. The molecule has 1 amide bonds. The first-order chi connectivity index (χ1) is 13.1. The van der Waals surface area contributed by atoms with E-state index in [1.54, 1.807) is 29.5 Å². The van der Waals surface area contributed by atoms with E-state index in [1.807, 2.05) is 28.1 Å². The Bertz CT molecular complexity index is 1100. The van der Waals surface area contributed by atoms with Gasteiger partial charge in [-0.1, -0.05) is 24.3 Å². The number of carbonyl (C=O) groups excluding carboxylic acids is 1. The van der Waals surface area contributed by atoms with E-state index in [0.717, 1.165) is 21.3 Å². The number of hydrogen-bond acceptors (Lipinski definition) is 2. The minimum atomic E-state index is -0.311. The van der Waals surface area contributed by atoms with Crippen LogP contribution in [0.15, 0.2) is 66.0 Å². The summed E-state index contributed by atoms with van der Waals surface area (Å²) in [5, 5.41) is 4.84. The van der Waals surface area contributed by atoms with Gasteiger partial charge >= 0.3 is 0 Å². The average Bonchev–Trinajstić information content (AvgIpc) is 3.24. The smallest absolute Gasteiger partial charge is 0.268 e. The number of nitrogens with zero attached hydrogens (tertiary/aromatic N) is 1. The summed E-state index contributed by atoms with van der Waals surface area (Å²) < 4.78 is 29.4. The molecule has 0 aliphatic carbocycles. The third-order valence-corrected chi connectivity index (χ3v) is 5.20. The molecule has 0 aliphatic heterocycles. The molecule has 2 aromatic heterocycles. The van der Waals surface area contributed by atoms with Crippen LogP contribution in [0, 0.1) is 11.6 Å². The van der Waals surface area contributed by atoms with Crippen LogP contribution in [0.2, 0.25) is 0 Å². The lowest BCUT2D eigenvalue weighted by Gasteiger charge is -2.11. The highest BCUT2D eigenvalue weighted by molar-refractivity contribution is 7.17. The number of amides is 1. The molecule has 0 bridgehead atoms. The molecule has 2 heterocycles. The highest BCUT2D eigenvalue weighted by Gasteiger charge is 2.16. The van der Waals surface area contributed by atoms with E-state index in [2.05, 4.69) is 5.32 Å². The SMILES string of the molecule is O=C(NCc1ccc(F)cc1)c1cc2sccc2n1Cc1cccc(F)c1. The summed E-state index contributed by atoms with van der Waals surface area (Å²) in [7, 11) is 0. The molecule has 136 valence electrons. The Hall–Kier alpha value is -2.99. The predicted octanol–water partition coefficient (Wildman–Crippen LogP) is 4.96. The van der Waals surface area contributed by atoms with Gasteiger partial charge < -0.3 is 9.88 Å². The first-order valence-corrected chi connectivity index (χ1v) is 9.32. The maximum Gasteiger partial charge on any atom is 0.268 e. The monoisotopic (exact) mass is 382 g/mol. The zero-order valence-corrected chi connectivity index (χ0v) is 15.1. The fourth-order valence-electron chi connectivity index (χ4n) is 3.03. The molecule has 0 fully saturated rings. The zero-order chi connectivity index (χ0) is 18.8. The Labute approximate surface area is 158 Å². The Morgan fingerprint density at radius 2 is 1.78 bits per heavy atom. The number of carbonyl (C=O) groups is 1. The van der Waals surface area contributed by atoms with Gasteiger partial charge in [0.2, 0.25) is 0 Å². The van der Waals surface area contributed by atoms with Crippen molar-refractivity contribution in [2.45, 2.75) is 13.1 Å². The molecule has 3 nitrogen and oxygen atoms in total. The second-order valence-electron chi connectivity index (χ2n) is 6.22. The molecular weight excluding hydrogens is 366 g/mol. The summed E-state index contributed by atoms with van der Waals surface area (Å²) in [6.45, 7) is 0.704. The van der Waals surface area contributed by atoms with Crippen molar-refractivity contribution in [2.75, 3.05) is 0 Å². The summed E-state index contributed by atoms with van der Waals surface area (Å²) in [5.41, 5.74) is 3.06. The highest BCUT2D eigenvalue weighted by atomic mass is 32.1. The standard InChI is InChI=1S/C21H16F2N2OS/c22-16-6-4-14(5-7-16)12-24-21(26)19-11-20-18(8-9-27-20)25(19)13-15-2-1-3-17(23)10-15/h1-11H,12-13H2,(H,24,26). The van der Waals surface area contributed by atoms with Crippen LogP contribution in [0.3, 0.4) is 0 Å². The Balaban J connectivity index is 1.59. The molecular formula is C21H16F2N2OS. The number of halogens is 2. The van der Waals surface area contributed by atoms with Crippen molar-refractivity contribution in [1.29, 1.82) is 0 Å². The van der Waals surface area contributed by atoms with Crippen LogP contribution in [-0.4, -0.2) is 10.5 Å². The van der Waals surface area contributed by atoms with E-state index >= 15 is 0 Å². The molecule has 1 N–H and O–H groups in total. The number of aromatic nitrogens is 1. The van der Waals surface area contributed by atoms with Gasteiger partial charge in [0, 0.05) is 13.1 Å². The van der Waals surface area contributed by atoms with E-state index < -0.39 is 0 Å². The van der Waals surface area contributed by atoms with Crippen LogP contribution >= 0.6 is 11.3 Å². The number of nitrogens with one attached hydrogen (secondary N) is 1. The molecule has 0 radical (unpaired) electrons. The van der Waals surface area contributed by atoms with Crippen molar-refractivity contribution >= 4 is 27.5 Å². The Morgan fingerprint density at radius 1 is 0.963 bits per heavy atom. The predicted molar refractivity (Wildman–Crippen MR) is 103 cm³/mol. The van der Waals surface area contributed by atoms with Crippen LogP contribution in [0.25, 0.3) is 10.2 Å². The minimum Gasteiger partial charge on any atom is -0.347 e. The van der Waals surface area contributed by atoms with Crippen molar-refractivity contribution in [1.82, 2.24) is 9.88 Å². The third kappa shape index (κ3) is 3.75. The first-order valence-electron chi connectivity index (χ1n) is 8.44. The number of fused-ring (bicyclic) bond motifs is 1. The van der Waals surface area contributed by atoms with Crippen molar-refractivity contribution in [3.05, 3.63) is 94.5 Å². The van der Waals surface area contributed by atoms with Gasteiger partial charge in [0.15, 0.2) is 0 Å². The quantitative estimate of drug-likeness (QED) is 0.520. The zero-order valence-electron chi connectivity index (χ0n) is 14.3. The molecule has 0 aliphatic rings. The molecule has 2 aromatic carbocycles. The maximum absolute atomic E-state index is 13.5. The van der Waals surface area contributed by atoms with Gasteiger partial charge in [-0.05, 0) is 52.9 Å². The van der Waals surface area contributed by atoms with Gasteiger partial charge in [0.05, 0.1) is 10.2 Å². The van der Waals surface area contributed by atoms with E-state index in [1.165, 1.54) is 24.3 Å². The van der Waals surface area contributed by atoms with Crippen LogP contribution in [-0.2, 0) is 13.1 Å². The lowest BCUT2D eigenvalue weighted by atomic mass is 10.2. The van der Waals surface area contributed by atoms with Crippen molar-refractivity contribution in [3.8, 4) is 0 Å². The number of rotatable bonds is 5. The van der Waals surface area contributed by atoms with E-state index in [0.29, 0.717) is 18.8 Å². The number of benzene rings is 2. The Morgan fingerprint density at radius 3 is 2.56 bits per heavy atom. The largest absolute Gasteiger partial charge is 0.347 e. The lowest BCUT2D eigenvalue weighted by molar-refractivity contribution is 0.0942. The molecule has 0 spiro atoms. The van der Waals surface area contributed by atoms with Crippen molar-refractivity contribution in [2.24, 2.45) is 0 Å². The fraction of sp³-hybridized carbons (Fsp3) is 0.0952. The van der Waals surface area contributed by atoms with Crippen LogP contribution in [0.1, 0.15) is 21.6 Å². The second kappa shape index (κ2) is 7.32. The molecule has 27 heavy (non-hydrogen) atoms. The maximum atomic E-state index is 13.5. The topological polar surface area (TPSA) is 34.0 Å². The van der Waals surface area contributed by atoms with Crippen LogP contribution < -0.4 is 5.32 Å². The molecule has 4 rings (SSSR count). The molecule has 0 saturated heterocycles. The highest BCUT2D eigenvalue weighted by Crippen LogP contribution is 2.26. The molecule has 6 heteroatoms. The number of thiophene rings is 1. The van der Waals surface area contributed by atoms with E-state index in [9.17, 15) is 13.6 Å². The summed E-state index contributed by atoms with van der Waals surface area (Å²) in [4.78, 5) is 12.8. The van der Waals surface area contributed by atoms with Gasteiger partial charge in [0.1, 0.15) is 17.3 Å². The van der Waals surface area contributed by atoms with Gasteiger partial charge in [-0.25, -0.2) is 8.78 Å². The normalized spacial score (nSPS) is 11.0. The summed E-state index contributed by atoms with van der Waals surface area (Å²) in [6.07, 6.45) is 0. The Kier molecular flexibility index (Phi) is 4.73. The van der Waals surface area contributed by atoms with Gasteiger partial charge in [-0.3, -0.25) is 4.79 Å². The average molecular weight is 382 g/mol. The summed E-state index contributed by atoms with van der Waals surface area (Å²) >= 11 is 1.55. The summed E-state index contributed by atoms with van der Waals surface area (Å²) in [6, 6.07) is 16.2. The minimum absolute atomic E-state index is 0.223.